The third kappa shape index (κ3) is 7.05. The molecule has 29 heavy (non-hydrogen) atoms. The topological polar surface area (TPSA) is 113 Å². The molecule has 2 rings (SSSR count). The average molecular weight is 407 g/mol. The van der Waals surface area contributed by atoms with Crippen LogP contribution in [0.2, 0.25) is 0 Å². The Kier molecular flexibility index (Phi) is 9.48. The maximum absolute atomic E-state index is 12.3. The Hall–Kier alpha value is -2.05. The normalized spacial score (nSPS) is 26.0. The highest BCUT2D eigenvalue weighted by Crippen LogP contribution is 2.31. The minimum atomic E-state index is -0.606. The minimum absolute atomic E-state index is 0.0175. The van der Waals surface area contributed by atoms with E-state index in [9.17, 15) is 9.59 Å². The number of nitrogens with zero attached hydrogens (tertiary/aromatic N) is 3. The molecule has 8 nitrogen and oxygen atoms in total. The molecule has 0 unspecified atom stereocenters. The summed E-state index contributed by atoms with van der Waals surface area (Å²) in [4.78, 5) is 27.0. The number of nitrogens with one attached hydrogen (secondary N) is 1. The van der Waals surface area contributed by atoms with Gasteiger partial charge < -0.3 is 14.8 Å². The lowest BCUT2D eigenvalue weighted by Gasteiger charge is -2.37. The molecule has 1 amide bonds. The Balaban J connectivity index is 2.23. The maximum Gasteiger partial charge on any atom is 0.333 e. The Morgan fingerprint density at radius 1 is 1.31 bits per heavy atom. The van der Waals surface area contributed by atoms with E-state index >= 15 is 0 Å². The molecule has 0 saturated heterocycles. The number of hydrogen-bond acceptors (Lipinski definition) is 5. The summed E-state index contributed by atoms with van der Waals surface area (Å²) < 4.78 is 11.6. The van der Waals surface area contributed by atoms with Crippen LogP contribution in [0.15, 0.2) is 16.8 Å². The van der Waals surface area contributed by atoms with Crippen LogP contribution in [0.4, 0.5) is 0 Å². The van der Waals surface area contributed by atoms with Crippen molar-refractivity contribution in [2.75, 3.05) is 6.61 Å². The zero-order valence-corrected chi connectivity index (χ0v) is 17.8. The molecular formula is C21H34N4O4. The van der Waals surface area contributed by atoms with Gasteiger partial charge in [-0.15, -0.1) is 0 Å². The van der Waals surface area contributed by atoms with E-state index in [2.05, 4.69) is 22.3 Å². The quantitative estimate of drug-likeness (QED) is 0.267. The van der Waals surface area contributed by atoms with Crippen molar-refractivity contribution in [2.45, 2.75) is 96.4 Å². The summed E-state index contributed by atoms with van der Waals surface area (Å²) >= 11 is 0. The summed E-state index contributed by atoms with van der Waals surface area (Å²) in [6.07, 6.45) is 9.54. The van der Waals surface area contributed by atoms with Crippen molar-refractivity contribution in [2.24, 2.45) is 11.0 Å². The van der Waals surface area contributed by atoms with Crippen molar-refractivity contribution in [1.29, 1.82) is 0 Å². The van der Waals surface area contributed by atoms with Gasteiger partial charge in [-0.3, -0.25) is 4.79 Å². The predicted octanol–water partition coefficient (Wildman–Crippen LogP) is 4.20. The first-order valence-electron chi connectivity index (χ1n) is 10.8. The molecule has 0 aromatic rings. The van der Waals surface area contributed by atoms with E-state index in [1.54, 1.807) is 13.0 Å². The fourth-order valence-electron chi connectivity index (χ4n) is 4.37. The fourth-order valence-corrected chi connectivity index (χ4v) is 4.37. The highest BCUT2D eigenvalue weighted by atomic mass is 16.5. The highest BCUT2D eigenvalue weighted by Gasteiger charge is 2.37. The second-order valence-electron chi connectivity index (χ2n) is 7.99. The van der Waals surface area contributed by atoms with Crippen molar-refractivity contribution in [3.8, 4) is 0 Å². The largest absolute Gasteiger partial charge is 0.463 e. The molecule has 162 valence electrons. The first-order chi connectivity index (χ1) is 14.0. The molecule has 1 saturated carbocycles. The Bertz CT molecular complexity index is 639. The van der Waals surface area contributed by atoms with Gasteiger partial charge in [0.05, 0.1) is 30.9 Å². The lowest BCUT2D eigenvalue weighted by atomic mass is 9.84. The first-order valence-corrected chi connectivity index (χ1v) is 10.8. The van der Waals surface area contributed by atoms with E-state index in [-0.39, 0.29) is 25.0 Å². The van der Waals surface area contributed by atoms with Crippen LogP contribution in [0.1, 0.15) is 72.1 Å². The molecule has 1 fully saturated rings. The van der Waals surface area contributed by atoms with Crippen LogP contribution in [-0.2, 0) is 19.1 Å². The summed E-state index contributed by atoms with van der Waals surface area (Å²) in [5, 5.41) is 6.71. The number of esters is 1. The Labute approximate surface area is 173 Å². The molecule has 0 aromatic carbocycles. The number of rotatable bonds is 9. The van der Waals surface area contributed by atoms with Gasteiger partial charge in [-0.2, -0.15) is 0 Å². The van der Waals surface area contributed by atoms with Crippen LogP contribution in [-0.4, -0.2) is 42.8 Å². The van der Waals surface area contributed by atoms with E-state index in [1.807, 2.05) is 0 Å². The van der Waals surface area contributed by atoms with Crippen LogP contribution < -0.4 is 5.32 Å². The van der Waals surface area contributed by atoms with Gasteiger partial charge in [0.15, 0.2) is 0 Å². The van der Waals surface area contributed by atoms with Gasteiger partial charge in [0.1, 0.15) is 0 Å². The van der Waals surface area contributed by atoms with Crippen LogP contribution >= 0.6 is 0 Å². The van der Waals surface area contributed by atoms with Gasteiger partial charge in [-0.25, -0.2) is 4.79 Å². The monoisotopic (exact) mass is 406 g/mol. The molecule has 0 spiro atoms. The average Bonchev–Trinajstić information content (AvgIpc) is 2.70. The number of azide groups is 1. The Morgan fingerprint density at radius 3 is 2.62 bits per heavy atom. The van der Waals surface area contributed by atoms with E-state index in [0.717, 1.165) is 12.8 Å². The SMILES string of the molecule is CCOC(=O)C1=C[C@@H](O[C@@H](CC)CC2CCCCC2)[C@H](NC(C)=O)[C@@H](N=[N+]=[N-])C1. The van der Waals surface area contributed by atoms with Crippen molar-refractivity contribution < 1.29 is 19.1 Å². The molecular weight excluding hydrogens is 372 g/mol. The molecule has 4 atom stereocenters. The second-order valence-corrected chi connectivity index (χ2v) is 7.99. The molecule has 0 radical (unpaired) electrons. The molecule has 0 aromatic heterocycles. The summed E-state index contributed by atoms with van der Waals surface area (Å²) in [7, 11) is 0. The standard InChI is InChI=1S/C21H34N4O4/c1-4-17(11-15-9-7-6-8-10-15)29-19-13-16(21(27)28-5-2)12-18(24-25-22)20(19)23-14(3)26/h13,15,17-20H,4-12H2,1-3H3,(H,23,26)/t17-,18-,19+,20+/m0/s1. The number of amides is 1. The van der Waals surface area contributed by atoms with Gasteiger partial charge in [-0.05, 0) is 43.7 Å². The fraction of sp³-hybridized carbons (Fsp3) is 0.810. The minimum Gasteiger partial charge on any atom is -0.463 e. The summed E-state index contributed by atoms with van der Waals surface area (Å²) in [5.41, 5.74) is 9.43. The zero-order valence-electron chi connectivity index (χ0n) is 17.8. The van der Waals surface area contributed by atoms with Gasteiger partial charge in [-0.1, -0.05) is 44.1 Å². The second kappa shape index (κ2) is 11.8. The van der Waals surface area contributed by atoms with Gasteiger partial charge >= 0.3 is 5.97 Å². The summed E-state index contributed by atoms with van der Waals surface area (Å²) in [5.74, 6) is -0.00571. The zero-order chi connectivity index (χ0) is 21.2. The molecule has 0 bridgehead atoms. The van der Waals surface area contributed by atoms with Crippen LogP contribution in [0.3, 0.4) is 0 Å². The van der Waals surface area contributed by atoms with Crippen molar-refractivity contribution in [1.82, 2.24) is 5.32 Å². The summed E-state index contributed by atoms with van der Waals surface area (Å²) in [6, 6.07) is -1.12. The molecule has 0 heterocycles. The van der Waals surface area contributed by atoms with Gasteiger partial charge in [0.2, 0.25) is 5.91 Å². The van der Waals surface area contributed by atoms with Gasteiger partial charge in [0, 0.05) is 17.4 Å². The predicted molar refractivity (Wildman–Crippen MR) is 110 cm³/mol. The number of hydrogen-bond donors (Lipinski definition) is 1. The highest BCUT2D eigenvalue weighted by molar-refractivity contribution is 5.89. The lowest BCUT2D eigenvalue weighted by Crippen LogP contribution is -2.53. The third-order valence-electron chi connectivity index (χ3n) is 5.80. The maximum atomic E-state index is 12.3. The number of ether oxygens (including phenoxy) is 2. The van der Waals surface area contributed by atoms with Crippen LogP contribution in [0.25, 0.3) is 10.4 Å². The van der Waals surface area contributed by atoms with Crippen molar-refractivity contribution >= 4 is 11.9 Å². The van der Waals surface area contributed by atoms with Crippen LogP contribution in [0.5, 0.6) is 0 Å². The third-order valence-corrected chi connectivity index (χ3v) is 5.80. The molecule has 0 aliphatic heterocycles. The van der Waals surface area contributed by atoms with E-state index < -0.39 is 24.2 Å². The van der Waals surface area contributed by atoms with Crippen molar-refractivity contribution in [3.63, 3.8) is 0 Å². The molecule has 2 aliphatic rings. The Morgan fingerprint density at radius 2 is 2.03 bits per heavy atom. The van der Waals surface area contributed by atoms with E-state index in [4.69, 9.17) is 15.0 Å². The van der Waals surface area contributed by atoms with Crippen molar-refractivity contribution in [3.05, 3.63) is 22.1 Å². The van der Waals surface area contributed by atoms with E-state index in [0.29, 0.717) is 11.5 Å². The van der Waals surface area contributed by atoms with Gasteiger partial charge in [0.25, 0.3) is 0 Å². The number of carbonyl (C=O) groups is 2. The smallest absolute Gasteiger partial charge is 0.333 e. The molecule has 1 N–H and O–H groups in total. The number of carbonyl (C=O) groups excluding carboxylic acids is 2. The van der Waals surface area contributed by atoms with Crippen LogP contribution in [0, 0.1) is 5.92 Å². The summed E-state index contributed by atoms with van der Waals surface area (Å²) in [6.45, 7) is 5.53. The molecule has 2 aliphatic carbocycles. The first kappa shape index (κ1) is 23.2. The van der Waals surface area contributed by atoms with E-state index in [1.165, 1.54) is 39.0 Å². The molecule has 8 heteroatoms. The lowest BCUT2D eigenvalue weighted by molar-refractivity contribution is -0.139.